The Morgan fingerprint density at radius 2 is 2.38 bits per heavy atom. The van der Waals surface area contributed by atoms with E-state index in [0.29, 0.717) is 0 Å². The van der Waals surface area contributed by atoms with Crippen LogP contribution in [0.1, 0.15) is 17.7 Å². The Morgan fingerprint density at radius 3 is 3.23 bits per heavy atom. The van der Waals surface area contributed by atoms with Gasteiger partial charge in [-0.15, -0.1) is 11.3 Å². The molecular weight excluding hydrogens is 182 g/mol. The maximum Gasteiger partial charge on any atom is 0.210 e. The molecule has 1 aliphatic rings. The van der Waals surface area contributed by atoms with Crippen molar-refractivity contribution in [1.82, 2.24) is 14.8 Å². The SMILES string of the molecule is c1csc(-n2ncc3c2CCC3)n1. The Morgan fingerprint density at radius 1 is 1.38 bits per heavy atom. The molecule has 0 N–H and O–H groups in total. The van der Waals surface area contributed by atoms with E-state index in [-0.39, 0.29) is 0 Å². The molecule has 0 amide bonds. The Labute approximate surface area is 80.0 Å². The molecule has 0 saturated carbocycles. The first-order valence-electron chi connectivity index (χ1n) is 4.41. The molecule has 3 nitrogen and oxygen atoms in total. The average molecular weight is 191 g/mol. The molecule has 0 aliphatic heterocycles. The number of nitrogens with zero attached hydrogens (tertiary/aromatic N) is 3. The zero-order valence-electron chi connectivity index (χ0n) is 7.10. The molecule has 0 bridgehead atoms. The van der Waals surface area contributed by atoms with Crippen LogP contribution in [-0.4, -0.2) is 14.8 Å². The van der Waals surface area contributed by atoms with E-state index in [1.165, 1.54) is 24.1 Å². The van der Waals surface area contributed by atoms with Crippen molar-refractivity contribution in [2.75, 3.05) is 0 Å². The van der Waals surface area contributed by atoms with E-state index in [1.54, 1.807) is 11.3 Å². The van der Waals surface area contributed by atoms with E-state index in [9.17, 15) is 0 Å². The first kappa shape index (κ1) is 7.26. The molecule has 0 fully saturated rings. The van der Waals surface area contributed by atoms with Crippen molar-refractivity contribution in [1.29, 1.82) is 0 Å². The fraction of sp³-hybridized carbons (Fsp3) is 0.333. The first-order valence-corrected chi connectivity index (χ1v) is 5.29. The molecule has 0 aromatic carbocycles. The molecule has 0 atom stereocenters. The second-order valence-electron chi connectivity index (χ2n) is 3.20. The van der Waals surface area contributed by atoms with Crippen LogP contribution in [0.25, 0.3) is 5.13 Å². The minimum Gasteiger partial charge on any atom is -0.227 e. The van der Waals surface area contributed by atoms with Crippen LogP contribution in [0.5, 0.6) is 0 Å². The molecule has 0 saturated heterocycles. The Hall–Kier alpha value is -1.16. The van der Waals surface area contributed by atoms with E-state index >= 15 is 0 Å². The Bertz CT molecular complexity index is 416. The van der Waals surface area contributed by atoms with Crippen LogP contribution in [-0.2, 0) is 12.8 Å². The summed E-state index contributed by atoms with van der Waals surface area (Å²) >= 11 is 1.64. The van der Waals surface area contributed by atoms with Gasteiger partial charge in [-0.2, -0.15) is 5.10 Å². The van der Waals surface area contributed by atoms with Gasteiger partial charge in [-0.05, 0) is 24.8 Å². The van der Waals surface area contributed by atoms with Crippen LogP contribution in [0.2, 0.25) is 0 Å². The summed E-state index contributed by atoms with van der Waals surface area (Å²) in [5, 5.41) is 7.32. The molecular formula is C9H9N3S. The number of hydrogen-bond acceptors (Lipinski definition) is 3. The van der Waals surface area contributed by atoms with Crippen LogP contribution < -0.4 is 0 Å². The van der Waals surface area contributed by atoms with Crippen LogP contribution in [0.4, 0.5) is 0 Å². The summed E-state index contributed by atoms with van der Waals surface area (Å²) < 4.78 is 1.98. The van der Waals surface area contributed by atoms with E-state index in [2.05, 4.69) is 10.1 Å². The summed E-state index contributed by atoms with van der Waals surface area (Å²) in [4.78, 5) is 4.26. The highest BCUT2D eigenvalue weighted by Gasteiger charge is 2.18. The van der Waals surface area contributed by atoms with Gasteiger partial charge < -0.3 is 0 Å². The molecule has 66 valence electrons. The highest BCUT2D eigenvalue weighted by molar-refractivity contribution is 7.12. The third-order valence-corrected chi connectivity index (χ3v) is 3.16. The van der Waals surface area contributed by atoms with Crippen molar-refractivity contribution >= 4 is 11.3 Å². The maximum atomic E-state index is 4.34. The van der Waals surface area contributed by atoms with Gasteiger partial charge in [0.1, 0.15) is 0 Å². The second-order valence-corrected chi connectivity index (χ2v) is 4.07. The van der Waals surface area contributed by atoms with Crippen LogP contribution in [0, 0.1) is 0 Å². The average Bonchev–Trinajstić information content (AvgIpc) is 2.79. The molecule has 0 radical (unpaired) electrons. The lowest BCUT2D eigenvalue weighted by Crippen LogP contribution is -1.99. The number of fused-ring (bicyclic) bond motifs is 1. The topological polar surface area (TPSA) is 30.7 Å². The zero-order chi connectivity index (χ0) is 8.67. The van der Waals surface area contributed by atoms with E-state index in [0.717, 1.165) is 11.6 Å². The lowest BCUT2D eigenvalue weighted by molar-refractivity contribution is 0.779. The first-order chi connectivity index (χ1) is 6.45. The number of hydrogen-bond donors (Lipinski definition) is 0. The summed E-state index contributed by atoms with van der Waals surface area (Å²) in [6.45, 7) is 0. The van der Waals surface area contributed by atoms with Crippen molar-refractivity contribution in [3.8, 4) is 5.13 Å². The molecule has 4 heteroatoms. The normalized spacial score (nSPS) is 14.8. The highest BCUT2D eigenvalue weighted by atomic mass is 32.1. The summed E-state index contributed by atoms with van der Waals surface area (Å²) in [6, 6.07) is 0. The van der Waals surface area contributed by atoms with Crippen LogP contribution in [0.15, 0.2) is 17.8 Å². The van der Waals surface area contributed by atoms with Gasteiger partial charge in [0.2, 0.25) is 5.13 Å². The van der Waals surface area contributed by atoms with Gasteiger partial charge in [0.25, 0.3) is 0 Å². The molecule has 2 heterocycles. The molecule has 3 rings (SSSR count). The summed E-state index contributed by atoms with van der Waals surface area (Å²) in [7, 11) is 0. The molecule has 2 aromatic rings. The summed E-state index contributed by atoms with van der Waals surface area (Å²) in [5.74, 6) is 0. The van der Waals surface area contributed by atoms with E-state index < -0.39 is 0 Å². The second kappa shape index (κ2) is 2.67. The quantitative estimate of drug-likeness (QED) is 0.688. The summed E-state index contributed by atoms with van der Waals surface area (Å²) in [6.07, 6.45) is 7.39. The van der Waals surface area contributed by atoms with Crippen molar-refractivity contribution < 1.29 is 0 Å². The third kappa shape index (κ3) is 1.02. The molecule has 0 unspecified atom stereocenters. The monoisotopic (exact) mass is 191 g/mol. The van der Waals surface area contributed by atoms with Gasteiger partial charge in [0, 0.05) is 11.6 Å². The minimum atomic E-state index is 0.989. The van der Waals surface area contributed by atoms with Crippen molar-refractivity contribution in [2.24, 2.45) is 0 Å². The fourth-order valence-corrected chi connectivity index (χ4v) is 2.44. The predicted molar refractivity (Wildman–Crippen MR) is 51.3 cm³/mol. The van der Waals surface area contributed by atoms with Gasteiger partial charge in [-0.3, -0.25) is 0 Å². The van der Waals surface area contributed by atoms with Crippen molar-refractivity contribution in [2.45, 2.75) is 19.3 Å². The molecule has 1 aliphatic carbocycles. The van der Waals surface area contributed by atoms with Gasteiger partial charge in [0.05, 0.1) is 11.9 Å². The van der Waals surface area contributed by atoms with Crippen LogP contribution in [0.3, 0.4) is 0 Å². The standard InChI is InChI=1S/C9H9N3S/c1-2-7-6-11-12(8(7)3-1)9-10-4-5-13-9/h4-6H,1-3H2. The smallest absolute Gasteiger partial charge is 0.210 e. The van der Waals surface area contributed by atoms with Gasteiger partial charge >= 0.3 is 0 Å². The molecule has 0 spiro atoms. The van der Waals surface area contributed by atoms with E-state index in [4.69, 9.17) is 0 Å². The summed E-state index contributed by atoms with van der Waals surface area (Å²) in [5.41, 5.74) is 2.75. The van der Waals surface area contributed by atoms with E-state index in [1.807, 2.05) is 22.5 Å². The van der Waals surface area contributed by atoms with Gasteiger partial charge in [-0.25, -0.2) is 9.67 Å². The molecule has 13 heavy (non-hydrogen) atoms. The number of aryl methyl sites for hydroxylation is 1. The van der Waals surface area contributed by atoms with Gasteiger partial charge in [0.15, 0.2) is 0 Å². The molecule has 2 aromatic heterocycles. The number of rotatable bonds is 1. The van der Waals surface area contributed by atoms with Crippen LogP contribution >= 0.6 is 11.3 Å². The largest absolute Gasteiger partial charge is 0.227 e. The van der Waals surface area contributed by atoms with Gasteiger partial charge in [-0.1, -0.05) is 0 Å². The van der Waals surface area contributed by atoms with Crippen molar-refractivity contribution in [3.63, 3.8) is 0 Å². The lowest BCUT2D eigenvalue weighted by Gasteiger charge is -1.98. The maximum absolute atomic E-state index is 4.34. The third-order valence-electron chi connectivity index (χ3n) is 2.42. The predicted octanol–water partition coefficient (Wildman–Crippen LogP) is 1.82. The zero-order valence-corrected chi connectivity index (χ0v) is 7.92. The minimum absolute atomic E-state index is 0.989. The van der Waals surface area contributed by atoms with Crippen molar-refractivity contribution in [3.05, 3.63) is 29.0 Å². The number of aromatic nitrogens is 3. The Kier molecular flexibility index (Phi) is 1.49. The highest BCUT2D eigenvalue weighted by Crippen LogP contribution is 2.24. The lowest BCUT2D eigenvalue weighted by atomic mass is 10.3. The Balaban J connectivity index is 2.16. The fourth-order valence-electron chi connectivity index (χ4n) is 1.81. The number of thiazole rings is 1.